The highest BCUT2D eigenvalue weighted by Crippen LogP contribution is 2.43. The minimum absolute atomic E-state index is 0.190. The van der Waals surface area contributed by atoms with Crippen molar-refractivity contribution in [3.8, 4) is 0 Å². The van der Waals surface area contributed by atoms with Gasteiger partial charge >= 0.3 is 0 Å². The summed E-state index contributed by atoms with van der Waals surface area (Å²) in [5.41, 5.74) is 3.98. The van der Waals surface area contributed by atoms with Crippen LogP contribution < -0.4 is 4.90 Å². The second-order valence-corrected chi connectivity index (χ2v) is 7.92. The quantitative estimate of drug-likeness (QED) is 0.751. The molecule has 0 aromatic heterocycles. The highest BCUT2D eigenvalue weighted by molar-refractivity contribution is 6.11. The second-order valence-electron chi connectivity index (χ2n) is 7.92. The number of hydrogen-bond acceptors (Lipinski definition) is 3. The third kappa shape index (κ3) is 3.16. The predicted molar refractivity (Wildman–Crippen MR) is 112 cm³/mol. The number of unbranched alkanes of at least 4 members (excludes halogenated alkanes) is 1. The van der Waals surface area contributed by atoms with Crippen molar-refractivity contribution in [3.05, 3.63) is 63.7 Å². The third-order valence-electron chi connectivity index (χ3n) is 6.04. The van der Waals surface area contributed by atoms with Gasteiger partial charge in [-0.15, -0.1) is 0 Å². The van der Waals surface area contributed by atoms with Crippen LogP contribution in [0.1, 0.15) is 64.4 Å². The number of aliphatic hydroxyl groups is 1. The molecule has 3 rings (SSSR count). The zero-order valence-corrected chi connectivity index (χ0v) is 17.4. The van der Waals surface area contributed by atoms with Crippen molar-refractivity contribution in [2.45, 2.75) is 59.5 Å². The van der Waals surface area contributed by atoms with Gasteiger partial charge in [0.05, 0.1) is 12.1 Å². The maximum Gasteiger partial charge on any atom is 0.264 e. The average Bonchev–Trinajstić information content (AvgIpc) is 2.86. The molecular weight excluding hydrogens is 350 g/mol. The van der Waals surface area contributed by atoms with Crippen molar-refractivity contribution in [3.63, 3.8) is 0 Å². The van der Waals surface area contributed by atoms with Crippen LogP contribution in [0.4, 0.5) is 5.69 Å². The number of carbonyl (C=O) groups is 2. The number of fused-ring (bicyclic) bond motifs is 1. The fraction of sp³-hybridized carbons (Fsp3) is 0.417. The van der Waals surface area contributed by atoms with Gasteiger partial charge in [-0.25, -0.2) is 0 Å². The van der Waals surface area contributed by atoms with Gasteiger partial charge in [-0.2, -0.15) is 0 Å². The summed E-state index contributed by atoms with van der Waals surface area (Å²) in [7, 11) is 0. The third-order valence-corrected chi connectivity index (χ3v) is 6.04. The topological polar surface area (TPSA) is 57.6 Å². The van der Waals surface area contributed by atoms with E-state index in [1.54, 1.807) is 17.0 Å². The minimum Gasteiger partial charge on any atom is -0.375 e. The van der Waals surface area contributed by atoms with Crippen molar-refractivity contribution < 1.29 is 14.7 Å². The normalized spacial score (nSPS) is 18.5. The molecule has 1 aliphatic rings. The Kier molecular flexibility index (Phi) is 5.44. The maximum atomic E-state index is 13.3. The number of rotatable bonds is 6. The largest absolute Gasteiger partial charge is 0.375 e. The second kappa shape index (κ2) is 7.51. The molecule has 0 saturated carbocycles. The molecule has 0 spiro atoms. The Morgan fingerprint density at radius 1 is 1.07 bits per heavy atom. The van der Waals surface area contributed by atoms with Crippen molar-refractivity contribution in [1.82, 2.24) is 0 Å². The van der Waals surface area contributed by atoms with Crippen LogP contribution in [0.3, 0.4) is 0 Å². The maximum absolute atomic E-state index is 13.3. The molecule has 4 nitrogen and oxygen atoms in total. The van der Waals surface area contributed by atoms with E-state index in [9.17, 15) is 14.7 Å². The zero-order valence-electron chi connectivity index (χ0n) is 17.4. The molecule has 1 amide bonds. The van der Waals surface area contributed by atoms with E-state index in [1.165, 1.54) is 0 Å². The molecule has 1 heterocycles. The van der Waals surface area contributed by atoms with Gasteiger partial charge in [-0.05, 0) is 62.4 Å². The van der Waals surface area contributed by atoms with Gasteiger partial charge in [0, 0.05) is 17.7 Å². The number of ketones is 1. The van der Waals surface area contributed by atoms with E-state index >= 15 is 0 Å². The van der Waals surface area contributed by atoms with Crippen molar-refractivity contribution >= 4 is 17.4 Å². The Morgan fingerprint density at radius 3 is 2.29 bits per heavy atom. The predicted octanol–water partition coefficient (Wildman–Crippen LogP) is 4.53. The molecule has 2 aromatic carbocycles. The number of carbonyl (C=O) groups excluding carboxylic acids is 2. The Hall–Kier alpha value is -2.46. The summed E-state index contributed by atoms with van der Waals surface area (Å²) in [5, 5.41) is 11.4. The van der Waals surface area contributed by atoms with E-state index < -0.39 is 11.5 Å². The number of nitrogens with zero attached hydrogens (tertiary/aromatic N) is 1. The van der Waals surface area contributed by atoms with E-state index in [4.69, 9.17) is 0 Å². The van der Waals surface area contributed by atoms with Crippen LogP contribution in [0, 0.1) is 27.7 Å². The van der Waals surface area contributed by atoms with Crippen LogP contribution in [0.5, 0.6) is 0 Å². The molecule has 28 heavy (non-hydrogen) atoms. The lowest BCUT2D eigenvalue weighted by Gasteiger charge is -2.24. The molecule has 0 fully saturated rings. The molecule has 0 saturated heterocycles. The van der Waals surface area contributed by atoms with Crippen LogP contribution in [0.2, 0.25) is 0 Å². The fourth-order valence-corrected chi connectivity index (χ4v) is 4.17. The van der Waals surface area contributed by atoms with Crippen LogP contribution >= 0.6 is 0 Å². The highest BCUT2D eigenvalue weighted by Gasteiger charge is 2.50. The number of anilines is 1. The number of para-hydroxylation sites is 1. The molecule has 0 aliphatic carbocycles. The van der Waals surface area contributed by atoms with Gasteiger partial charge < -0.3 is 10.0 Å². The Labute approximate surface area is 167 Å². The van der Waals surface area contributed by atoms with Crippen LogP contribution in [0.15, 0.2) is 30.3 Å². The summed E-state index contributed by atoms with van der Waals surface area (Å²) >= 11 is 0. The fourth-order valence-electron chi connectivity index (χ4n) is 4.17. The minimum atomic E-state index is -1.81. The lowest BCUT2D eigenvalue weighted by Crippen LogP contribution is -2.42. The first-order valence-corrected chi connectivity index (χ1v) is 9.96. The van der Waals surface area contributed by atoms with Gasteiger partial charge in [-0.3, -0.25) is 9.59 Å². The summed E-state index contributed by atoms with van der Waals surface area (Å²) in [6.07, 6.45) is 1.56. The number of hydrogen-bond donors (Lipinski definition) is 1. The number of aryl methyl sites for hydroxylation is 2. The SMILES string of the molecule is CCCCN1C(=O)[C@](O)(CC(=O)c2c(C)c(C)cc(C)c2C)c2ccccc21. The highest BCUT2D eigenvalue weighted by atomic mass is 16.3. The van der Waals surface area contributed by atoms with Gasteiger partial charge in [-0.1, -0.05) is 37.6 Å². The van der Waals surface area contributed by atoms with Crippen LogP contribution in [-0.2, 0) is 10.4 Å². The summed E-state index contributed by atoms with van der Waals surface area (Å²) in [4.78, 5) is 28.1. The molecule has 1 N–H and O–H groups in total. The Bertz CT molecular complexity index is 921. The van der Waals surface area contributed by atoms with E-state index in [2.05, 4.69) is 13.0 Å². The van der Waals surface area contributed by atoms with Crippen LogP contribution in [0.25, 0.3) is 0 Å². The van der Waals surface area contributed by atoms with E-state index in [0.29, 0.717) is 23.4 Å². The average molecular weight is 380 g/mol. The van der Waals surface area contributed by atoms with E-state index in [0.717, 1.165) is 35.1 Å². The molecular formula is C24H29NO3. The molecule has 0 unspecified atom stereocenters. The van der Waals surface area contributed by atoms with Crippen molar-refractivity contribution in [2.24, 2.45) is 0 Å². The summed E-state index contributed by atoms with van der Waals surface area (Å²) < 4.78 is 0. The van der Waals surface area contributed by atoms with Gasteiger partial charge in [0.15, 0.2) is 11.4 Å². The lowest BCUT2D eigenvalue weighted by atomic mass is 9.84. The zero-order chi connectivity index (χ0) is 20.6. The molecule has 1 atom stereocenters. The standard InChI is InChI=1S/C24H29NO3/c1-6-7-12-25-20-11-9-8-10-19(20)24(28,23(25)27)14-21(26)22-17(4)15(2)13-16(3)18(22)5/h8-11,13,28H,6-7,12,14H2,1-5H3/t24-/m0/s1. The molecule has 0 bridgehead atoms. The molecule has 0 radical (unpaired) electrons. The van der Waals surface area contributed by atoms with E-state index in [1.807, 2.05) is 39.8 Å². The van der Waals surface area contributed by atoms with Gasteiger partial charge in [0.1, 0.15) is 0 Å². The van der Waals surface area contributed by atoms with Gasteiger partial charge in [0.25, 0.3) is 5.91 Å². The first-order chi connectivity index (χ1) is 13.2. The molecule has 4 heteroatoms. The van der Waals surface area contributed by atoms with Crippen molar-refractivity contribution in [1.29, 1.82) is 0 Å². The van der Waals surface area contributed by atoms with E-state index in [-0.39, 0.29) is 12.2 Å². The van der Waals surface area contributed by atoms with Crippen molar-refractivity contribution in [2.75, 3.05) is 11.4 Å². The lowest BCUT2D eigenvalue weighted by molar-refractivity contribution is -0.135. The summed E-state index contributed by atoms with van der Waals surface area (Å²) in [6, 6.07) is 9.33. The number of amides is 1. The monoisotopic (exact) mass is 379 g/mol. The number of Topliss-reactive ketones (excluding diaryl/α,β-unsaturated/α-hetero) is 1. The molecule has 148 valence electrons. The summed E-state index contributed by atoms with van der Waals surface area (Å²) in [5.74, 6) is -0.583. The Morgan fingerprint density at radius 2 is 1.68 bits per heavy atom. The van der Waals surface area contributed by atoms with Gasteiger partial charge in [0.2, 0.25) is 0 Å². The smallest absolute Gasteiger partial charge is 0.264 e. The first kappa shape index (κ1) is 20.3. The number of benzene rings is 2. The summed E-state index contributed by atoms with van der Waals surface area (Å²) in [6.45, 7) is 10.4. The van der Waals surface area contributed by atoms with Crippen LogP contribution in [-0.4, -0.2) is 23.3 Å². The first-order valence-electron chi connectivity index (χ1n) is 9.96. The molecule has 2 aromatic rings. The Balaban J connectivity index is 2.03. The molecule has 1 aliphatic heterocycles.